The van der Waals surface area contributed by atoms with Crippen LogP contribution in [0.1, 0.15) is 59.4 Å². The monoisotopic (exact) mass is 500 g/mol. The molecule has 0 radical (unpaired) electrons. The van der Waals surface area contributed by atoms with Crippen molar-refractivity contribution >= 4 is 21.8 Å². The molecule has 2 fully saturated rings. The number of carbonyl (C=O) groups is 2. The quantitative estimate of drug-likeness (QED) is 0.659. The summed E-state index contributed by atoms with van der Waals surface area (Å²) in [6, 6.07) is 9.82. The first kappa shape index (κ1) is 25.4. The van der Waals surface area contributed by atoms with Crippen molar-refractivity contribution in [2.45, 2.75) is 57.4 Å². The van der Waals surface area contributed by atoms with Crippen LogP contribution in [-0.2, 0) is 21.4 Å². The van der Waals surface area contributed by atoms with Gasteiger partial charge in [0.1, 0.15) is 4.90 Å². The molecular weight excluding hydrogens is 464 g/mol. The van der Waals surface area contributed by atoms with Crippen LogP contribution in [0.25, 0.3) is 0 Å². The van der Waals surface area contributed by atoms with Gasteiger partial charge in [-0.25, -0.2) is 8.42 Å². The predicted molar refractivity (Wildman–Crippen MR) is 134 cm³/mol. The molecule has 2 aromatic rings. The molecule has 8 nitrogen and oxygen atoms in total. The number of aromatic amines is 1. The molecule has 1 N–H and O–H groups in total. The molecule has 2 saturated heterocycles. The molecule has 190 valence electrons. The average Bonchev–Trinajstić information content (AvgIpc) is 3.18. The zero-order chi connectivity index (χ0) is 25.2. The molecule has 2 amide bonds. The van der Waals surface area contributed by atoms with Gasteiger partial charge in [0.15, 0.2) is 0 Å². The number of likely N-dealkylation sites (tertiary alicyclic amines) is 1. The van der Waals surface area contributed by atoms with Gasteiger partial charge in [0.05, 0.1) is 5.56 Å². The summed E-state index contributed by atoms with van der Waals surface area (Å²) < 4.78 is 28.9. The van der Waals surface area contributed by atoms with E-state index >= 15 is 0 Å². The van der Waals surface area contributed by atoms with Crippen LogP contribution in [0.15, 0.2) is 35.2 Å². The largest absolute Gasteiger partial charge is 0.361 e. The maximum atomic E-state index is 13.7. The van der Waals surface area contributed by atoms with E-state index < -0.39 is 10.0 Å². The number of rotatable bonds is 6. The van der Waals surface area contributed by atoms with Gasteiger partial charge in [-0.2, -0.15) is 4.31 Å². The smallest absolute Gasteiger partial charge is 0.257 e. The average molecular weight is 501 g/mol. The first-order valence-corrected chi connectivity index (χ1v) is 13.9. The normalized spacial score (nSPS) is 18.0. The number of benzene rings is 1. The van der Waals surface area contributed by atoms with Crippen molar-refractivity contribution in [3.05, 3.63) is 52.8 Å². The van der Waals surface area contributed by atoms with Gasteiger partial charge < -0.3 is 14.8 Å². The first-order valence-electron chi connectivity index (χ1n) is 12.5. The number of hydrogen-bond donors (Lipinski definition) is 1. The number of nitrogens with one attached hydrogen (secondary N) is 1. The first-order chi connectivity index (χ1) is 16.7. The van der Waals surface area contributed by atoms with Gasteiger partial charge in [0.2, 0.25) is 15.9 Å². The van der Waals surface area contributed by atoms with E-state index in [1.54, 1.807) is 30.7 Å². The maximum Gasteiger partial charge on any atom is 0.257 e. The minimum Gasteiger partial charge on any atom is -0.361 e. The Morgan fingerprint density at radius 1 is 0.971 bits per heavy atom. The Balaban J connectivity index is 1.46. The van der Waals surface area contributed by atoms with Crippen LogP contribution in [0.2, 0.25) is 0 Å². The van der Waals surface area contributed by atoms with Gasteiger partial charge >= 0.3 is 0 Å². The second kappa shape index (κ2) is 10.5. The number of nitrogens with zero attached hydrogens (tertiary/aromatic N) is 3. The van der Waals surface area contributed by atoms with Crippen molar-refractivity contribution in [1.29, 1.82) is 0 Å². The summed E-state index contributed by atoms with van der Waals surface area (Å²) in [5.74, 6) is -0.378. The van der Waals surface area contributed by atoms with Gasteiger partial charge in [-0.3, -0.25) is 9.59 Å². The summed E-state index contributed by atoms with van der Waals surface area (Å²) >= 11 is 0. The molecule has 3 heterocycles. The molecule has 2 aliphatic rings. The number of hydrogen-bond acceptors (Lipinski definition) is 4. The van der Waals surface area contributed by atoms with Crippen molar-refractivity contribution < 1.29 is 18.0 Å². The van der Waals surface area contributed by atoms with Gasteiger partial charge in [-0.05, 0) is 51.5 Å². The van der Waals surface area contributed by atoms with E-state index in [9.17, 15) is 18.0 Å². The van der Waals surface area contributed by atoms with E-state index in [-0.39, 0.29) is 41.3 Å². The number of sulfonamides is 1. The minimum atomic E-state index is -3.87. The Morgan fingerprint density at radius 2 is 1.60 bits per heavy atom. The summed E-state index contributed by atoms with van der Waals surface area (Å²) in [5, 5.41) is 0. The molecule has 2 aliphatic heterocycles. The van der Waals surface area contributed by atoms with Crippen LogP contribution in [0, 0.1) is 19.8 Å². The predicted octanol–water partition coefficient (Wildman–Crippen LogP) is 3.32. The molecule has 9 heteroatoms. The Hall–Kier alpha value is -2.65. The fraction of sp³-hybridized carbons (Fsp3) is 0.538. The van der Waals surface area contributed by atoms with E-state index in [0.29, 0.717) is 43.9 Å². The van der Waals surface area contributed by atoms with Crippen LogP contribution in [-0.4, -0.2) is 72.5 Å². The van der Waals surface area contributed by atoms with E-state index in [1.165, 1.54) is 4.31 Å². The minimum absolute atomic E-state index is 0.0422. The lowest BCUT2D eigenvalue weighted by Crippen LogP contribution is -2.44. The summed E-state index contributed by atoms with van der Waals surface area (Å²) in [6.45, 7) is 5.84. The second-order valence-electron chi connectivity index (χ2n) is 9.79. The zero-order valence-electron chi connectivity index (χ0n) is 20.9. The Labute approximate surface area is 208 Å². The van der Waals surface area contributed by atoms with E-state index in [0.717, 1.165) is 24.8 Å². The highest BCUT2D eigenvalue weighted by Gasteiger charge is 2.38. The van der Waals surface area contributed by atoms with E-state index in [4.69, 9.17) is 0 Å². The lowest BCUT2D eigenvalue weighted by Gasteiger charge is -2.33. The van der Waals surface area contributed by atoms with Crippen molar-refractivity contribution in [3.63, 3.8) is 0 Å². The molecule has 1 aromatic carbocycles. The molecule has 0 bridgehead atoms. The molecule has 0 aliphatic carbocycles. The van der Waals surface area contributed by atoms with Crippen molar-refractivity contribution in [3.8, 4) is 0 Å². The van der Waals surface area contributed by atoms with Gasteiger partial charge in [-0.1, -0.05) is 30.3 Å². The molecule has 0 atom stereocenters. The van der Waals surface area contributed by atoms with Gasteiger partial charge in [-0.15, -0.1) is 0 Å². The highest BCUT2D eigenvalue weighted by atomic mass is 32.2. The highest BCUT2D eigenvalue weighted by molar-refractivity contribution is 7.89. The standard InChI is InChI=1S/C26H36N4O4S/c1-19-23(26(32)29-14-8-5-9-15-29)24(20(2)27-19)35(33,34)30-16-12-22(13-17-30)25(31)28(3)18-21-10-6-4-7-11-21/h4,6-7,10-11,22,27H,5,8-9,12-18H2,1-3H3. The van der Waals surface area contributed by atoms with Gasteiger partial charge in [0.25, 0.3) is 5.91 Å². The van der Waals surface area contributed by atoms with Crippen molar-refractivity contribution in [1.82, 2.24) is 19.1 Å². The number of aromatic nitrogens is 1. The van der Waals surface area contributed by atoms with Crippen LogP contribution in [0.3, 0.4) is 0 Å². The molecule has 0 saturated carbocycles. The third-order valence-corrected chi connectivity index (χ3v) is 9.29. The molecule has 0 spiro atoms. The molecule has 0 unspecified atom stereocenters. The van der Waals surface area contributed by atoms with Crippen LogP contribution in [0.4, 0.5) is 0 Å². The Morgan fingerprint density at radius 3 is 2.23 bits per heavy atom. The fourth-order valence-corrected chi connectivity index (χ4v) is 7.20. The second-order valence-corrected chi connectivity index (χ2v) is 11.7. The summed E-state index contributed by atoms with van der Waals surface area (Å²) in [6.07, 6.45) is 3.91. The Bertz CT molecular complexity index is 1160. The number of carbonyl (C=O) groups excluding carboxylic acids is 2. The van der Waals surface area contributed by atoms with E-state index in [1.807, 2.05) is 30.3 Å². The number of H-pyrrole nitrogens is 1. The molecular formula is C26H36N4O4S. The summed E-state index contributed by atoms with van der Waals surface area (Å²) in [5.41, 5.74) is 2.41. The SMILES string of the molecule is Cc1[nH]c(C)c(S(=O)(=O)N2CCC(C(=O)N(C)Cc3ccccc3)CC2)c1C(=O)N1CCCCC1. The van der Waals surface area contributed by atoms with Crippen LogP contribution >= 0.6 is 0 Å². The lowest BCUT2D eigenvalue weighted by molar-refractivity contribution is -0.135. The lowest BCUT2D eigenvalue weighted by atomic mass is 9.96. The third kappa shape index (κ3) is 5.30. The van der Waals surface area contributed by atoms with E-state index in [2.05, 4.69) is 4.98 Å². The van der Waals surface area contributed by atoms with Crippen molar-refractivity contribution in [2.24, 2.45) is 5.92 Å². The molecule has 1 aromatic heterocycles. The zero-order valence-corrected chi connectivity index (χ0v) is 21.7. The van der Waals surface area contributed by atoms with Crippen LogP contribution in [0.5, 0.6) is 0 Å². The fourth-order valence-electron chi connectivity index (χ4n) is 5.31. The Kier molecular flexibility index (Phi) is 7.66. The number of piperidine rings is 2. The molecule has 4 rings (SSSR count). The number of aryl methyl sites for hydroxylation is 2. The summed E-state index contributed by atoms with van der Waals surface area (Å²) in [7, 11) is -2.08. The number of amides is 2. The maximum absolute atomic E-state index is 13.7. The van der Waals surface area contributed by atoms with Crippen LogP contribution < -0.4 is 0 Å². The highest BCUT2D eigenvalue weighted by Crippen LogP contribution is 2.31. The topological polar surface area (TPSA) is 93.8 Å². The summed E-state index contributed by atoms with van der Waals surface area (Å²) in [4.78, 5) is 33.0. The third-order valence-electron chi connectivity index (χ3n) is 7.21. The van der Waals surface area contributed by atoms with Crippen molar-refractivity contribution in [2.75, 3.05) is 33.2 Å². The molecule has 35 heavy (non-hydrogen) atoms. The van der Waals surface area contributed by atoms with Gasteiger partial charge in [0, 0.05) is 57.1 Å².